The Morgan fingerprint density at radius 1 is 0.900 bits per heavy atom. The topological polar surface area (TPSA) is 17.3 Å². The number of fused-ring (bicyclic) bond motifs is 1. The molecule has 2 nitrogen and oxygen atoms in total. The largest absolute Gasteiger partial charge is 0.305 e. The number of rotatable bonds is 1. The molecule has 102 valence electrons. The second kappa shape index (κ2) is 4.74. The normalized spacial score (nSPS) is 11.2. The van der Waals surface area contributed by atoms with Crippen LogP contribution in [-0.4, -0.2) is 9.38 Å². The fourth-order valence-electron chi connectivity index (χ4n) is 2.93. The molecule has 20 heavy (non-hydrogen) atoms. The average molecular weight is 329 g/mol. The van der Waals surface area contributed by atoms with Crippen molar-refractivity contribution < 1.29 is 0 Å². The molecule has 0 aliphatic rings. The van der Waals surface area contributed by atoms with Gasteiger partial charge < -0.3 is 4.40 Å². The Morgan fingerprint density at radius 3 is 2.20 bits per heavy atom. The van der Waals surface area contributed by atoms with Crippen LogP contribution in [0.15, 0.2) is 35.1 Å². The lowest BCUT2D eigenvalue weighted by molar-refractivity contribution is 1.15. The molecular weight excluding hydrogens is 312 g/mol. The van der Waals surface area contributed by atoms with Crippen LogP contribution in [0.3, 0.4) is 0 Å². The van der Waals surface area contributed by atoms with Gasteiger partial charge in [-0.15, -0.1) is 0 Å². The van der Waals surface area contributed by atoms with Crippen molar-refractivity contribution in [3.8, 4) is 11.3 Å². The molecule has 0 aliphatic heterocycles. The number of aryl methyl sites for hydroxylation is 4. The Hall–Kier alpha value is -1.61. The molecule has 0 unspecified atom stereocenters. The van der Waals surface area contributed by atoms with Crippen molar-refractivity contribution >= 4 is 21.6 Å². The van der Waals surface area contributed by atoms with E-state index in [4.69, 9.17) is 4.98 Å². The Bertz CT molecular complexity index is 792. The van der Waals surface area contributed by atoms with E-state index in [-0.39, 0.29) is 0 Å². The van der Waals surface area contributed by atoms with E-state index in [0.717, 1.165) is 15.8 Å². The molecule has 0 aliphatic carbocycles. The van der Waals surface area contributed by atoms with Crippen molar-refractivity contribution in [2.24, 2.45) is 0 Å². The summed E-state index contributed by atoms with van der Waals surface area (Å²) in [7, 11) is 0. The molecule has 1 aromatic carbocycles. The molecule has 0 amide bonds. The third-order valence-corrected chi connectivity index (χ3v) is 4.07. The number of benzene rings is 1. The van der Waals surface area contributed by atoms with Crippen molar-refractivity contribution in [3.63, 3.8) is 0 Å². The summed E-state index contributed by atoms with van der Waals surface area (Å²) < 4.78 is 3.16. The zero-order chi connectivity index (χ0) is 14.4. The van der Waals surface area contributed by atoms with E-state index in [1.165, 1.54) is 27.8 Å². The fourth-order valence-corrected chi connectivity index (χ4v) is 3.49. The zero-order valence-corrected chi connectivity index (χ0v) is 13.7. The minimum Gasteiger partial charge on any atom is -0.305 e. The van der Waals surface area contributed by atoms with Crippen LogP contribution in [-0.2, 0) is 0 Å². The zero-order valence-electron chi connectivity index (χ0n) is 12.2. The van der Waals surface area contributed by atoms with Crippen molar-refractivity contribution in [1.82, 2.24) is 9.38 Å². The van der Waals surface area contributed by atoms with E-state index in [0.29, 0.717) is 0 Å². The lowest BCUT2D eigenvalue weighted by Gasteiger charge is -2.08. The third kappa shape index (κ3) is 2.16. The van der Waals surface area contributed by atoms with Gasteiger partial charge >= 0.3 is 0 Å². The standard InChI is InChI=1S/C17H17BrN2/c1-10-5-11(2)16(12(3)6-10)15-9-20-8-14(18)7-13(4)17(20)19-15/h5-9H,1-4H3. The highest BCUT2D eigenvalue weighted by molar-refractivity contribution is 9.10. The summed E-state index contributed by atoms with van der Waals surface area (Å²) in [5.74, 6) is 0. The predicted molar refractivity (Wildman–Crippen MR) is 87.3 cm³/mol. The van der Waals surface area contributed by atoms with Gasteiger partial charge in [0.05, 0.1) is 5.69 Å². The second-order valence-electron chi connectivity index (χ2n) is 5.47. The van der Waals surface area contributed by atoms with E-state index in [1.807, 2.05) is 0 Å². The van der Waals surface area contributed by atoms with Gasteiger partial charge in [0.2, 0.25) is 0 Å². The molecule has 3 rings (SSSR count). The SMILES string of the molecule is Cc1cc(C)c(-c2cn3cc(Br)cc(C)c3n2)c(C)c1. The van der Waals surface area contributed by atoms with Crippen LogP contribution in [0, 0.1) is 27.7 Å². The fraction of sp³-hybridized carbons (Fsp3) is 0.235. The summed E-state index contributed by atoms with van der Waals surface area (Å²) in [6, 6.07) is 6.53. The van der Waals surface area contributed by atoms with Crippen molar-refractivity contribution in [1.29, 1.82) is 0 Å². The molecule has 0 atom stereocenters. The second-order valence-corrected chi connectivity index (χ2v) is 6.39. The van der Waals surface area contributed by atoms with Crippen molar-refractivity contribution in [2.75, 3.05) is 0 Å². The molecular formula is C17H17BrN2. The predicted octanol–water partition coefficient (Wildman–Crippen LogP) is 5.00. The monoisotopic (exact) mass is 328 g/mol. The highest BCUT2D eigenvalue weighted by Gasteiger charge is 2.12. The summed E-state index contributed by atoms with van der Waals surface area (Å²) >= 11 is 3.54. The van der Waals surface area contributed by atoms with Crippen LogP contribution in [0.25, 0.3) is 16.9 Å². The minimum atomic E-state index is 1.02. The van der Waals surface area contributed by atoms with Crippen LogP contribution >= 0.6 is 15.9 Å². The summed E-state index contributed by atoms with van der Waals surface area (Å²) in [6.07, 6.45) is 4.16. The Morgan fingerprint density at radius 2 is 1.55 bits per heavy atom. The summed E-state index contributed by atoms with van der Waals surface area (Å²) in [5, 5.41) is 0. The molecule has 0 N–H and O–H groups in total. The van der Waals surface area contributed by atoms with Crippen LogP contribution in [0.2, 0.25) is 0 Å². The van der Waals surface area contributed by atoms with Gasteiger partial charge in [-0.05, 0) is 66.4 Å². The number of aromatic nitrogens is 2. The first-order valence-electron chi connectivity index (χ1n) is 6.69. The maximum absolute atomic E-state index is 4.82. The summed E-state index contributed by atoms with van der Waals surface area (Å²) in [4.78, 5) is 4.82. The number of nitrogens with zero attached hydrogens (tertiary/aromatic N) is 2. The number of pyridine rings is 1. The molecule has 3 aromatic rings. The first-order chi connectivity index (χ1) is 9.45. The summed E-state index contributed by atoms with van der Waals surface area (Å²) in [5.41, 5.74) is 8.34. The van der Waals surface area contributed by atoms with Crippen LogP contribution in [0.4, 0.5) is 0 Å². The number of hydrogen-bond donors (Lipinski definition) is 0. The van der Waals surface area contributed by atoms with E-state index in [2.05, 4.69) is 78.6 Å². The van der Waals surface area contributed by atoms with Crippen molar-refractivity contribution in [3.05, 3.63) is 57.3 Å². The molecule has 0 radical (unpaired) electrons. The van der Waals surface area contributed by atoms with Gasteiger partial charge in [0.1, 0.15) is 5.65 Å². The van der Waals surface area contributed by atoms with Gasteiger partial charge in [-0.25, -0.2) is 4.98 Å². The number of halogens is 1. The van der Waals surface area contributed by atoms with Crippen LogP contribution in [0.5, 0.6) is 0 Å². The number of imidazole rings is 1. The van der Waals surface area contributed by atoms with Crippen LogP contribution in [0.1, 0.15) is 22.3 Å². The third-order valence-electron chi connectivity index (χ3n) is 3.63. The molecule has 2 aromatic heterocycles. The molecule has 0 saturated carbocycles. The molecule has 0 fully saturated rings. The van der Waals surface area contributed by atoms with Gasteiger partial charge in [-0.1, -0.05) is 17.7 Å². The smallest absolute Gasteiger partial charge is 0.140 e. The van der Waals surface area contributed by atoms with Gasteiger partial charge in [0.15, 0.2) is 0 Å². The Labute approximate surface area is 127 Å². The average Bonchev–Trinajstić information content (AvgIpc) is 2.71. The Balaban J connectivity index is 2.28. The lowest BCUT2D eigenvalue weighted by Crippen LogP contribution is -1.90. The molecule has 0 saturated heterocycles. The first-order valence-corrected chi connectivity index (χ1v) is 7.48. The Kier molecular flexibility index (Phi) is 3.17. The summed E-state index contributed by atoms with van der Waals surface area (Å²) in [6.45, 7) is 8.53. The number of hydrogen-bond acceptors (Lipinski definition) is 1. The molecule has 3 heteroatoms. The quantitative estimate of drug-likeness (QED) is 0.614. The first kappa shape index (κ1) is 13.4. The van der Waals surface area contributed by atoms with Crippen LogP contribution < -0.4 is 0 Å². The highest BCUT2D eigenvalue weighted by atomic mass is 79.9. The van der Waals surface area contributed by atoms with Crippen molar-refractivity contribution in [2.45, 2.75) is 27.7 Å². The minimum absolute atomic E-state index is 1.02. The maximum atomic E-state index is 4.82. The van der Waals surface area contributed by atoms with E-state index >= 15 is 0 Å². The molecule has 0 bridgehead atoms. The molecule has 0 spiro atoms. The van der Waals surface area contributed by atoms with E-state index in [1.54, 1.807) is 0 Å². The van der Waals surface area contributed by atoms with E-state index < -0.39 is 0 Å². The van der Waals surface area contributed by atoms with Gasteiger partial charge in [0, 0.05) is 22.4 Å². The van der Waals surface area contributed by atoms with E-state index in [9.17, 15) is 0 Å². The lowest BCUT2D eigenvalue weighted by atomic mass is 9.98. The van der Waals surface area contributed by atoms with Gasteiger partial charge in [-0.3, -0.25) is 0 Å². The van der Waals surface area contributed by atoms with Gasteiger partial charge in [0.25, 0.3) is 0 Å². The maximum Gasteiger partial charge on any atom is 0.140 e. The van der Waals surface area contributed by atoms with Gasteiger partial charge in [-0.2, -0.15) is 0 Å². The highest BCUT2D eigenvalue weighted by Crippen LogP contribution is 2.29. The molecule has 2 heterocycles.